The van der Waals surface area contributed by atoms with Crippen molar-refractivity contribution in [2.24, 2.45) is 0 Å². The molecular weight excluding hydrogens is 320 g/mol. The number of likely N-dealkylation sites (N-methyl/N-ethyl adjacent to an activating group) is 1. The Balaban J connectivity index is 2.38. The molecule has 9 nitrogen and oxygen atoms in total. The summed E-state index contributed by atoms with van der Waals surface area (Å²) in [5, 5.41) is 19.3. The molecule has 1 N–H and O–H groups in total. The second-order valence-corrected chi connectivity index (χ2v) is 5.04. The van der Waals surface area contributed by atoms with E-state index in [1.165, 1.54) is 25.2 Å². The van der Waals surface area contributed by atoms with Crippen LogP contribution in [0.25, 0.3) is 0 Å². The predicted octanol–water partition coefficient (Wildman–Crippen LogP) is 1.50. The Hall–Kier alpha value is -2.97. The molecule has 1 aromatic rings. The lowest BCUT2D eigenvalue weighted by atomic mass is 10.2. The summed E-state index contributed by atoms with van der Waals surface area (Å²) < 4.78 is 5.39. The number of unbranched alkanes of at least 4 members (excludes halogenated alkanes) is 1. The molecule has 24 heavy (non-hydrogen) atoms. The summed E-state index contributed by atoms with van der Waals surface area (Å²) in [6.45, 7) is -0.0708. The van der Waals surface area contributed by atoms with Gasteiger partial charge in [-0.25, -0.2) is 0 Å². The lowest BCUT2D eigenvalue weighted by molar-refractivity contribution is -0.385. The van der Waals surface area contributed by atoms with Crippen LogP contribution in [0.4, 0.5) is 5.69 Å². The quantitative estimate of drug-likeness (QED) is 0.296. The fourth-order valence-electron chi connectivity index (χ4n) is 1.93. The van der Waals surface area contributed by atoms with E-state index >= 15 is 0 Å². The molecule has 0 fully saturated rings. The summed E-state index contributed by atoms with van der Waals surface area (Å²) in [6.07, 6.45) is 1.64. The van der Waals surface area contributed by atoms with E-state index < -0.39 is 10.9 Å². The van der Waals surface area contributed by atoms with Crippen molar-refractivity contribution in [2.75, 3.05) is 20.2 Å². The Morgan fingerprint density at radius 1 is 1.38 bits per heavy atom. The van der Waals surface area contributed by atoms with Gasteiger partial charge in [0.05, 0.1) is 17.1 Å². The number of hydrogen-bond donors (Lipinski definition) is 1. The number of nitro benzene ring substituents is 1. The predicted molar refractivity (Wildman–Crippen MR) is 83.1 cm³/mol. The highest BCUT2D eigenvalue weighted by atomic mass is 16.6. The van der Waals surface area contributed by atoms with Gasteiger partial charge in [0, 0.05) is 19.5 Å². The van der Waals surface area contributed by atoms with Crippen molar-refractivity contribution in [3.63, 3.8) is 0 Å². The maximum atomic E-state index is 11.6. The van der Waals surface area contributed by atoms with Gasteiger partial charge in [0.25, 0.3) is 5.69 Å². The third-order valence-corrected chi connectivity index (χ3v) is 3.17. The molecule has 0 aromatic heterocycles. The molecular formula is C15H18N2O7. The molecule has 0 aliphatic rings. The van der Waals surface area contributed by atoms with Gasteiger partial charge >= 0.3 is 5.97 Å². The summed E-state index contributed by atoms with van der Waals surface area (Å²) in [5.41, 5.74) is -0.354. The summed E-state index contributed by atoms with van der Waals surface area (Å²) in [7, 11) is 1.42. The van der Waals surface area contributed by atoms with Crippen molar-refractivity contribution < 1.29 is 29.2 Å². The zero-order chi connectivity index (χ0) is 18.1. The van der Waals surface area contributed by atoms with Crippen molar-refractivity contribution in [3.8, 4) is 5.75 Å². The van der Waals surface area contributed by atoms with Crippen LogP contribution in [0, 0.1) is 10.1 Å². The standard InChI is InChI=1S/C15H18N2O7/c1-16(9-15(20)21)14(19)4-2-3-7-24-12-5-6-13(17(22)23)11(8-12)10-18/h5-6,8,10H,2-4,7,9H2,1H3,(H,20,21). The molecule has 1 amide bonds. The Morgan fingerprint density at radius 2 is 2.08 bits per heavy atom. The van der Waals surface area contributed by atoms with Gasteiger partial charge in [0.1, 0.15) is 12.3 Å². The molecule has 130 valence electrons. The largest absolute Gasteiger partial charge is 0.494 e. The van der Waals surface area contributed by atoms with Gasteiger partial charge in [0.15, 0.2) is 6.29 Å². The number of nitro groups is 1. The van der Waals surface area contributed by atoms with Crippen LogP contribution in [0.5, 0.6) is 5.75 Å². The van der Waals surface area contributed by atoms with Crippen LogP contribution in [0.15, 0.2) is 18.2 Å². The molecule has 0 spiro atoms. The van der Waals surface area contributed by atoms with Gasteiger partial charge in [0.2, 0.25) is 5.91 Å². The maximum absolute atomic E-state index is 11.6. The minimum Gasteiger partial charge on any atom is -0.494 e. The number of carboxylic acids is 1. The molecule has 0 atom stereocenters. The summed E-state index contributed by atoms with van der Waals surface area (Å²) >= 11 is 0. The fraction of sp³-hybridized carbons (Fsp3) is 0.400. The van der Waals surface area contributed by atoms with E-state index in [1.807, 2.05) is 0 Å². The van der Waals surface area contributed by atoms with E-state index in [4.69, 9.17) is 9.84 Å². The number of amides is 1. The molecule has 0 aliphatic carbocycles. The average Bonchev–Trinajstić information content (AvgIpc) is 2.53. The number of ether oxygens (including phenoxy) is 1. The topological polar surface area (TPSA) is 127 Å². The first-order valence-electron chi connectivity index (χ1n) is 7.17. The van der Waals surface area contributed by atoms with Gasteiger partial charge < -0.3 is 14.7 Å². The average molecular weight is 338 g/mol. The van der Waals surface area contributed by atoms with E-state index in [9.17, 15) is 24.5 Å². The van der Waals surface area contributed by atoms with Crippen molar-refractivity contribution in [1.82, 2.24) is 4.90 Å². The monoisotopic (exact) mass is 338 g/mol. The van der Waals surface area contributed by atoms with Gasteiger partial charge in [-0.05, 0) is 25.0 Å². The Kier molecular flexibility index (Phi) is 7.34. The smallest absolute Gasteiger partial charge is 0.323 e. The Morgan fingerprint density at radius 3 is 2.67 bits per heavy atom. The number of aliphatic carboxylic acids is 1. The number of hydrogen-bond acceptors (Lipinski definition) is 6. The molecule has 0 bridgehead atoms. The van der Waals surface area contributed by atoms with E-state index in [2.05, 4.69) is 0 Å². The molecule has 0 unspecified atom stereocenters. The molecule has 0 radical (unpaired) electrons. The van der Waals surface area contributed by atoms with Crippen LogP contribution in [0.1, 0.15) is 29.6 Å². The van der Waals surface area contributed by atoms with Crippen LogP contribution >= 0.6 is 0 Å². The molecule has 0 aliphatic heterocycles. The van der Waals surface area contributed by atoms with Gasteiger partial charge in [-0.15, -0.1) is 0 Å². The molecule has 0 heterocycles. The first-order valence-corrected chi connectivity index (χ1v) is 7.17. The Bertz CT molecular complexity index is 630. The number of carbonyl (C=O) groups excluding carboxylic acids is 2. The van der Waals surface area contributed by atoms with Crippen LogP contribution in [0.3, 0.4) is 0 Å². The normalized spacial score (nSPS) is 10.0. The second kappa shape index (κ2) is 9.23. The van der Waals surface area contributed by atoms with Gasteiger partial charge in [-0.2, -0.15) is 0 Å². The minimum absolute atomic E-state index is 0.0667. The van der Waals surface area contributed by atoms with E-state index in [1.54, 1.807) is 0 Å². The zero-order valence-electron chi connectivity index (χ0n) is 13.1. The first-order chi connectivity index (χ1) is 11.3. The van der Waals surface area contributed by atoms with Crippen molar-refractivity contribution >= 4 is 23.9 Å². The second-order valence-electron chi connectivity index (χ2n) is 5.04. The number of nitrogens with zero attached hydrogens (tertiary/aromatic N) is 2. The summed E-state index contributed by atoms with van der Waals surface area (Å²) in [5.74, 6) is -1.01. The number of benzene rings is 1. The molecule has 0 saturated carbocycles. The third-order valence-electron chi connectivity index (χ3n) is 3.17. The van der Waals surface area contributed by atoms with E-state index in [0.29, 0.717) is 24.9 Å². The van der Waals surface area contributed by atoms with Crippen molar-refractivity contribution in [2.45, 2.75) is 19.3 Å². The van der Waals surface area contributed by atoms with Crippen LogP contribution < -0.4 is 4.74 Å². The van der Waals surface area contributed by atoms with Crippen LogP contribution in [-0.2, 0) is 9.59 Å². The third kappa shape index (κ3) is 6.03. The number of carbonyl (C=O) groups is 3. The van der Waals surface area contributed by atoms with Crippen molar-refractivity contribution in [3.05, 3.63) is 33.9 Å². The summed E-state index contributed by atoms with van der Waals surface area (Å²) in [4.78, 5) is 44.1. The fourth-order valence-corrected chi connectivity index (χ4v) is 1.93. The lowest BCUT2D eigenvalue weighted by Crippen LogP contribution is -2.31. The first kappa shape index (κ1) is 19.1. The van der Waals surface area contributed by atoms with Gasteiger partial charge in [-0.3, -0.25) is 24.5 Å². The number of rotatable bonds is 10. The molecule has 9 heteroatoms. The molecule has 0 saturated heterocycles. The van der Waals surface area contributed by atoms with Gasteiger partial charge in [-0.1, -0.05) is 0 Å². The minimum atomic E-state index is -1.07. The number of carboxylic acid groups (broad SMARTS) is 1. The summed E-state index contributed by atoms with van der Waals surface area (Å²) in [6, 6.07) is 3.89. The maximum Gasteiger partial charge on any atom is 0.323 e. The highest BCUT2D eigenvalue weighted by molar-refractivity contribution is 5.82. The zero-order valence-corrected chi connectivity index (χ0v) is 13.1. The van der Waals surface area contributed by atoms with E-state index in [0.717, 1.165) is 4.90 Å². The molecule has 1 aromatic carbocycles. The SMILES string of the molecule is CN(CC(=O)O)C(=O)CCCCOc1ccc([N+](=O)[O-])c(C=O)c1. The highest BCUT2D eigenvalue weighted by Gasteiger charge is 2.14. The lowest BCUT2D eigenvalue weighted by Gasteiger charge is -2.14. The van der Waals surface area contributed by atoms with Crippen LogP contribution in [-0.4, -0.2) is 53.3 Å². The number of aldehydes is 1. The van der Waals surface area contributed by atoms with Crippen LogP contribution in [0.2, 0.25) is 0 Å². The Labute approximate surface area is 138 Å². The van der Waals surface area contributed by atoms with E-state index in [-0.39, 0.29) is 36.7 Å². The highest BCUT2D eigenvalue weighted by Crippen LogP contribution is 2.22. The van der Waals surface area contributed by atoms with Crippen molar-refractivity contribution in [1.29, 1.82) is 0 Å². The molecule has 1 rings (SSSR count).